The van der Waals surface area contributed by atoms with Crippen LogP contribution in [0.3, 0.4) is 0 Å². The first-order chi connectivity index (χ1) is 10.1. The predicted molar refractivity (Wildman–Crippen MR) is 89.9 cm³/mol. The summed E-state index contributed by atoms with van der Waals surface area (Å²) in [5, 5.41) is 0.0492. The highest BCUT2D eigenvalue weighted by Gasteiger charge is 2.22. The third-order valence-electron chi connectivity index (χ3n) is 3.68. The summed E-state index contributed by atoms with van der Waals surface area (Å²) in [5.41, 5.74) is 0. The third-order valence-corrected chi connectivity index (χ3v) is 4.85. The predicted octanol–water partition coefficient (Wildman–Crippen LogP) is 4.07. The lowest BCUT2D eigenvalue weighted by molar-refractivity contribution is -0.144. The Balaban J connectivity index is 1.93. The number of alkyl halides is 1. The first kappa shape index (κ1) is 18.3. The maximum absolute atomic E-state index is 11.7. The van der Waals surface area contributed by atoms with Crippen LogP contribution in [-0.2, 0) is 9.53 Å². The zero-order valence-electron chi connectivity index (χ0n) is 13.4. The van der Waals surface area contributed by atoms with Gasteiger partial charge in [-0.25, -0.2) is 0 Å². The number of esters is 1. The molecule has 1 heterocycles. The van der Waals surface area contributed by atoms with Crippen LogP contribution >= 0.6 is 15.9 Å². The molecule has 1 aliphatic rings. The largest absolute Gasteiger partial charge is 0.464 e. The molecule has 21 heavy (non-hydrogen) atoms. The quantitative estimate of drug-likeness (QED) is 0.240. The Hall–Kier alpha value is -0.710. The molecule has 0 aromatic rings. The Bertz CT molecular complexity index is 323. The van der Waals surface area contributed by atoms with E-state index >= 15 is 0 Å². The molecule has 0 saturated carbocycles. The monoisotopic (exact) mass is 360 g/mol. The third kappa shape index (κ3) is 7.74. The van der Waals surface area contributed by atoms with E-state index in [1.165, 1.54) is 38.5 Å². The minimum Gasteiger partial charge on any atom is -0.464 e. The average Bonchev–Trinajstić information content (AvgIpc) is 2.77. The summed E-state index contributed by atoms with van der Waals surface area (Å²) in [7, 11) is 1.96. The summed E-state index contributed by atoms with van der Waals surface area (Å²) in [5.74, 6) is -0.151. The molecule has 0 aromatic carbocycles. The minimum absolute atomic E-state index is 0.0492. The number of hydrogen-bond donors (Lipinski definition) is 0. The van der Waals surface area contributed by atoms with Crippen molar-refractivity contribution in [3.63, 3.8) is 0 Å². The Morgan fingerprint density at radius 2 is 1.71 bits per heavy atom. The Kier molecular flexibility index (Phi) is 9.55. The van der Waals surface area contributed by atoms with Crippen LogP contribution in [0.1, 0.15) is 58.3 Å². The van der Waals surface area contributed by atoms with Crippen LogP contribution in [0.25, 0.3) is 0 Å². The fourth-order valence-corrected chi connectivity index (χ4v) is 2.73. The zero-order chi connectivity index (χ0) is 15.5. The molecule has 1 atom stereocenters. The number of carbonyl (C=O) groups is 1. The van der Waals surface area contributed by atoms with Gasteiger partial charge in [-0.05, 0) is 22.4 Å². The van der Waals surface area contributed by atoms with E-state index in [4.69, 9.17) is 4.74 Å². The number of ether oxygens (including phenoxy) is 1. The first-order valence-corrected chi connectivity index (χ1v) is 9.02. The smallest absolute Gasteiger partial charge is 0.325 e. The van der Waals surface area contributed by atoms with Crippen molar-refractivity contribution in [3.05, 3.63) is 12.4 Å². The molecule has 5 heteroatoms. The highest BCUT2D eigenvalue weighted by molar-refractivity contribution is 9.09. The van der Waals surface area contributed by atoms with Crippen molar-refractivity contribution in [3.8, 4) is 0 Å². The van der Waals surface area contributed by atoms with Gasteiger partial charge in [0.25, 0.3) is 0 Å². The summed E-state index contributed by atoms with van der Waals surface area (Å²) in [4.78, 5) is 15.6. The zero-order valence-corrected chi connectivity index (χ0v) is 15.0. The van der Waals surface area contributed by atoms with Gasteiger partial charge >= 0.3 is 5.97 Å². The van der Waals surface area contributed by atoms with Crippen LogP contribution in [-0.4, -0.2) is 41.0 Å². The van der Waals surface area contributed by atoms with Crippen molar-refractivity contribution in [2.45, 2.75) is 63.4 Å². The molecule has 1 unspecified atom stereocenters. The SMILES string of the molecule is CCCCCCCCCCOC(=O)CN1C=CN(C)C1Br. The molecular weight excluding hydrogens is 332 g/mol. The van der Waals surface area contributed by atoms with Crippen LogP contribution in [0.15, 0.2) is 12.4 Å². The average molecular weight is 361 g/mol. The van der Waals surface area contributed by atoms with Gasteiger partial charge in [0.05, 0.1) is 6.61 Å². The van der Waals surface area contributed by atoms with Gasteiger partial charge in [0, 0.05) is 19.4 Å². The fourth-order valence-electron chi connectivity index (χ4n) is 2.31. The van der Waals surface area contributed by atoms with Gasteiger partial charge in [0.2, 0.25) is 0 Å². The van der Waals surface area contributed by atoms with Gasteiger partial charge in [0.1, 0.15) is 6.54 Å². The molecule has 0 aliphatic carbocycles. The lowest BCUT2D eigenvalue weighted by atomic mass is 10.1. The van der Waals surface area contributed by atoms with Gasteiger partial charge in [-0.15, -0.1) is 0 Å². The van der Waals surface area contributed by atoms with Crippen molar-refractivity contribution >= 4 is 21.9 Å². The van der Waals surface area contributed by atoms with Crippen molar-refractivity contribution in [1.82, 2.24) is 9.80 Å². The van der Waals surface area contributed by atoms with Crippen LogP contribution in [0.4, 0.5) is 0 Å². The van der Waals surface area contributed by atoms with Crippen LogP contribution < -0.4 is 0 Å². The molecule has 1 rings (SSSR count). The Morgan fingerprint density at radius 3 is 2.29 bits per heavy atom. The summed E-state index contributed by atoms with van der Waals surface area (Å²) in [6.07, 6.45) is 13.9. The molecule has 0 radical (unpaired) electrons. The van der Waals surface area contributed by atoms with Gasteiger partial charge in [-0.3, -0.25) is 4.79 Å². The lowest BCUT2D eigenvalue weighted by Gasteiger charge is -2.24. The molecule has 0 N–H and O–H groups in total. The Morgan fingerprint density at radius 1 is 1.10 bits per heavy atom. The van der Waals surface area contributed by atoms with Crippen LogP contribution in [0.5, 0.6) is 0 Å². The maximum atomic E-state index is 11.7. The maximum Gasteiger partial charge on any atom is 0.325 e. The van der Waals surface area contributed by atoms with Crippen molar-refractivity contribution in [1.29, 1.82) is 0 Å². The van der Waals surface area contributed by atoms with E-state index in [1.807, 2.05) is 29.2 Å². The summed E-state index contributed by atoms with van der Waals surface area (Å²) >= 11 is 3.51. The molecule has 0 aromatic heterocycles. The molecular formula is C16H29BrN2O2. The summed E-state index contributed by atoms with van der Waals surface area (Å²) in [6, 6.07) is 0. The second-order valence-corrected chi connectivity index (χ2v) is 6.46. The van der Waals surface area contributed by atoms with E-state index in [9.17, 15) is 4.79 Å². The number of rotatable bonds is 11. The van der Waals surface area contributed by atoms with Crippen molar-refractivity contribution in [2.24, 2.45) is 0 Å². The molecule has 0 bridgehead atoms. The van der Waals surface area contributed by atoms with E-state index in [-0.39, 0.29) is 11.0 Å². The molecule has 0 spiro atoms. The minimum atomic E-state index is -0.151. The highest BCUT2D eigenvalue weighted by Crippen LogP contribution is 2.18. The second kappa shape index (κ2) is 10.9. The normalized spacial score (nSPS) is 17.6. The molecule has 0 fully saturated rings. The van der Waals surface area contributed by atoms with Crippen molar-refractivity contribution in [2.75, 3.05) is 20.2 Å². The number of hydrogen-bond acceptors (Lipinski definition) is 4. The standard InChI is InChI=1S/C16H29BrN2O2/c1-3-4-5-6-7-8-9-10-13-21-15(20)14-19-12-11-18(2)16(19)17/h11-12,16H,3-10,13-14H2,1-2H3. The Labute approximate surface area is 137 Å². The van der Waals surface area contributed by atoms with Gasteiger partial charge in [0.15, 0.2) is 5.08 Å². The van der Waals surface area contributed by atoms with Gasteiger partial charge in [-0.2, -0.15) is 0 Å². The van der Waals surface area contributed by atoms with E-state index in [0.29, 0.717) is 13.2 Å². The van der Waals surface area contributed by atoms with Crippen molar-refractivity contribution < 1.29 is 9.53 Å². The van der Waals surface area contributed by atoms with E-state index in [2.05, 4.69) is 22.9 Å². The highest BCUT2D eigenvalue weighted by atomic mass is 79.9. The van der Waals surface area contributed by atoms with Gasteiger partial charge < -0.3 is 14.5 Å². The molecule has 122 valence electrons. The number of halogens is 1. The van der Waals surface area contributed by atoms with Crippen LogP contribution in [0.2, 0.25) is 0 Å². The lowest BCUT2D eigenvalue weighted by Crippen LogP contribution is -2.35. The number of carbonyl (C=O) groups excluding carboxylic acids is 1. The molecule has 0 amide bonds. The van der Waals surface area contributed by atoms with E-state index in [0.717, 1.165) is 12.8 Å². The molecule has 0 saturated heterocycles. The summed E-state index contributed by atoms with van der Waals surface area (Å²) < 4.78 is 5.28. The van der Waals surface area contributed by atoms with Crippen LogP contribution in [0, 0.1) is 0 Å². The first-order valence-electron chi connectivity index (χ1n) is 8.11. The van der Waals surface area contributed by atoms with E-state index in [1.54, 1.807) is 0 Å². The fraction of sp³-hybridized carbons (Fsp3) is 0.812. The summed E-state index contributed by atoms with van der Waals surface area (Å²) in [6.45, 7) is 3.09. The second-order valence-electron chi connectivity index (χ2n) is 5.64. The molecule has 4 nitrogen and oxygen atoms in total. The topological polar surface area (TPSA) is 32.8 Å². The number of nitrogens with zero attached hydrogens (tertiary/aromatic N) is 2. The number of unbranched alkanes of at least 4 members (excludes halogenated alkanes) is 7. The van der Waals surface area contributed by atoms with E-state index < -0.39 is 0 Å². The molecule has 1 aliphatic heterocycles. The van der Waals surface area contributed by atoms with Gasteiger partial charge in [-0.1, -0.05) is 51.9 Å².